The molecule has 0 saturated heterocycles. The Morgan fingerprint density at radius 2 is 1.88 bits per heavy atom. The molecule has 2 amide bonds. The summed E-state index contributed by atoms with van der Waals surface area (Å²) in [5.41, 5.74) is 6.91. The Hall–Kier alpha value is -3.45. The highest BCUT2D eigenvalue weighted by Gasteiger charge is 2.15. The molecule has 2 aromatic carbocycles. The largest absolute Gasteiger partial charge is 0.448 e. The average Bonchev–Trinajstić information content (AvgIpc) is 3.28. The summed E-state index contributed by atoms with van der Waals surface area (Å²) in [6.07, 6.45) is 0. The van der Waals surface area contributed by atoms with Crippen LogP contribution in [0, 0.1) is 0 Å². The summed E-state index contributed by atoms with van der Waals surface area (Å²) in [6.45, 7) is 0. The number of para-hydroxylation sites is 1. The monoisotopic (exact) mass is 363 g/mol. The van der Waals surface area contributed by atoms with Gasteiger partial charge < -0.3 is 15.5 Å². The lowest BCUT2D eigenvalue weighted by Crippen LogP contribution is -2.14. The van der Waals surface area contributed by atoms with Gasteiger partial charge in [-0.15, -0.1) is 11.3 Å². The van der Waals surface area contributed by atoms with Gasteiger partial charge in [0.2, 0.25) is 5.91 Å². The van der Waals surface area contributed by atoms with E-state index in [0.29, 0.717) is 22.0 Å². The molecule has 0 aliphatic heterocycles. The van der Waals surface area contributed by atoms with Crippen LogP contribution in [-0.2, 0) is 0 Å². The number of anilines is 1. The minimum absolute atomic E-state index is 0.156. The van der Waals surface area contributed by atoms with E-state index in [1.165, 1.54) is 17.4 Å². The van der Waals surface area contributed by atoms with E-state index in [1.54, 1.807) is 30.3 Å². The van der Waals surface area contributed by atoms with Gasteiger partial charge in [0.1, 0.15) is 0 Å². The number of nitrogens with zero attached hydrogens (tertiary/aromatic N) is 1. The molecule has 26 heavy (non-hydrogen) atoms. The molecule has 0 aliphatic rings. The lowest BCUT2D eigenvalue weighted by Gasteiger charge is -2.04. The fourth-order valence-corrected chi connectivity index (χ4v) is 3.42. The molecule has 4 rings (SSSR count). The number of aromatic nitrogens is 1. The summed E-state index contributed by atoms with van der Waals surface area (Å²) in [7, 11) is 0. The van der Waals surface area contributed by atoms with E-state index in [0.717, 1.165) is 10.2 Å². The number of carbonyl (C=O) groups is 2. The third-order valence-electron chi connectivity index (χ3n) is 3.74. The first-order chi connectivity index (χ1) is 12.6. The van der Waals surface area contributed by atoms with E-state index < -0.39 is 11.8 Å². The minimum Gasteiger partial charge on any atom is -0.448 e. The molecule has 4 aromatic rings. The topological polar surface area (TPSA) is 98.2 Å². The maximum atomic E-state index is 12.4. The first-order valence-corrected chi connectivity index (χ1v) is 8.59. The Kier molecular flexibility index (Phi) is 3.98. The molecule has 0 spiro atoms. The van der Waals surface area contributed by atoms with Gasteiger partial charge >= 0.3 is 0 Å². The Bertz CT molecular complexity index is 1100. The summed E-state index contributed by atoms with van der Waals surface area (Å²) in [4.78, 5) is 28.1. The molecule has 128 valence electrons. The number of hydrogen-bond acceptors (Lipinski definition) is 5. The summed E-state index contributed by atoms with van der Waals surface area (Å²) in [5.74, 6) is -0.290. The minimum atomic E-state index is -0.558. The van der Waals surface area contributed by atoms with Gasteiger partial charge in [0, 0.05) is 11.3 Å². The van der Waals surface area contributed by atoms with Crippen LogP contribution in [0.4, 0.5) is 5.69 Å². The zero-order valence-corrected chi connectivity index (χ0v) is 14.2. The van der Waals surface area contributed by atoms with Crippen LogP contribution >= 0.6 is 11.3 Å². The van der Waals surface area contributed by atoms with Gasteiger partial charge in [-0.05, 0) is 42.5 Å². The highest BCUT2D eigenvalue weighted by Crippen LogP contribution is 2.31. The summed E-state index contributed by atoms with van der Waals surface area (Å²) in [6, 6.07) is 17.5. The highest BCUT2D eigenvalue weighted by atomic mass is 32.1. The fourth-order valence-electron chi connectivity index (χ4n) is 2.50. The zero-order valence-electron chi connectivity index (χ0n) is 13.4. The van der Waals surface area contributed by atoms with Crippen LogP contribution in [0.15, 0.2) is 65.1 Å². The van der Waals surface area contributed by atoms with Crippen LogP contribution in [-0.4, -0.2) is 16.8 Å². The van der Waals surface area contributed by atoms with Crippen molar-refractivity contribution in [1.29, 1.82) is 0 Å². The molecule has 6 nitrogen and oxygen atoms in total. The van der Waals surface area contributed by atoms with Gasteiger partial charge in [-0.3, -0.25) is 9.59 Å². The van der Waals surface area contributed by atoms with Crippen molar-refractivity contribution in [3.63, 3.8) is 0 Å². The molecule has 2 aromatic heterocycles. The van der Waals surface area contributed by atoms with Crippen LogP contribution in [0.25, 0.3) is 21.0 Å². The van der Waals surface area contributed by atoms with Gasteiger partial charge in [-0.1, -0.05) is 18.2 Å². The molecule has 0 aliphatic carbocycles. The maximum absolute atomic E-state index is 12.4. The number of fused-ring (bicyclic) bond motifs is 1. The number of primary amides is 1. The van der Waals surface area contributed by atoms with E-state index >= 15 is 0 Å². The second-order valence-electron chi connectivity index (χ2n) is 5.55. The van der Waals surface area contributed by atoms with Crippen LogP contribution in [0.3, 0.4) is 0 Å². The van der Waals surface area contributed by atoms with E-state index in [4.69, 9.17) is 10.2 Å². The van der Waals surface area contributed by atoms with E-state index in [1.807, 2.05) is 24.3 Å². The zero-order chi connectivity index (χ0) is 18.1. The van der Waals surface area contributed by atoms with Crippen molar-refractivity contribution in [3.8, 4) is 10.8 Å². The number of carbonyl (C=O) groups excluding carboxylic acids is 2. The number of rotatable bonds is 4. The van der Waals surface area contributed by atoms with Crippen molar-refractivity contribution >= 4 is 39.1 Å². The van der Waals surface area contributed by atoms with Gasteiger partial charge in [-0.2, -0.15) is 0 Å². The standard InChI is InChI=1S/C19H13N3O3S/c20-17(23)11-4-3-5-12(10-11)21-18(24)14-8-9-15(25-14)19-22-13-6-1-2-7-16(13)26-19/h1-10H,(H2,20,23)(H,21,24). The molecule has 0 bridgehead atoms. The molecule has 0 atom stereocenters. The SMILES string of the molecule is NC(=O)c1cccc(NC(=O)c2ccc(-c3nc4ccccc4s3)o2)c1. The van der Waals surface area contributed by atoms with Crippen LogP contribution in [0.1, 0.15) is 20.9 Å². The van der Waals surface area contributed by atoms with Gasteiger partial charge in [-0.25, -0.2) is 4.98 Å². The quantitative estimate of drug-likeness (QED) is 0.574. The maximum Gasteiger partial charge on any atom is 0.291 e. The molecule has 7 heteroatoms. The van der Waals surface area contributed by atoms with Crippen molar-refractivity contribution in [2.45, 2.75) is 0 Å². The van der Waals surface area contributed by atoms with Crippen molar-refractivity contribution in [2.24, 2.45) is 5.73 Å². The number of amides is 2. The number of hydrogen-bond donors (Lipinski definition) is 2. The Labute approximate surface area is 152 Å². The number of nitrogens with one attached hydrogen (secondary N) is 1. The van der Waals surface area contributed by atoms with Gasteiger partial charge in [0.15, 0.2) is 16.5 Å². The average molecular weight is 363 g/mol. The Morgan fingerprint density at radius 3 is 2.69 bits per heavy atom. The van der Waals surface area contributed by atoms with Crippen molar-refractivity contribution in [3.05, 3.63) is 72.0 Å². The molecule has 2 heterocycles. The molecule has 0 unspecified atom stereocenters. The van der Waals surface area contributed by atoms with Gasteiger partial charge in [0.05, 0.1) is 10.2 Å². The molecule has 0 fully saturated rings. The lowest BCUT2D eigenvalue weighted by molar-refractivity contribution is 0.0988. The van der Waals surface area contributed by atoms with Crippen LogP contribution < -0.4 is 11.1 Å². The number of nitrogens with two attached hydrogens (primary N) is 1. The Morgan fingerprint density at radius 1 is 1.04 bits per heavy atom. The van der Waals surface area contributed by atoms with Crippen molar-refractivity contribution in [1.82, 2.24) is 4.98 Å². The summed E-state index contributed by atoms with van der Waals surface area (Å²) in [5, 5.41) is 3.40. The second-order valence-corrected chi connectivity index (χ2v) is 6.58. The molecular weight excluding hydrogens is 350 g/mol. The number of furan rings is 1. The number of thiazole rings is 1. The van der Waals surface area contributed by atoms with Gasteiger partial charge in [0.25, 0.3) is 5.91 Å². The lowest BCUT2D eigenvalue weighted by atomic mass is 10.2. The second kappa shape index (κ2) is 6.45. The summed E-state index contributed by atoms with van der Waals surface area (Å²) < 4.78 is 6.70. The third kappa shape index (κ3) is 3.07. The van der Waals surface area contributed by atoms with E-state index in [9.17, 15) is 9.59 Å². The predicted molar refractivity (Wildman–Crippen MR) is 100 cm³/mol. The Balaban J connectivity index is 1.56. The molecule has 0 saturated carbocycles. The fraction of sp³-hybridized carbons (Fsp3) is 0. The molecule has 0 radical (unpaired) electrons. The normalized spacial score (nSPS) is 10.8. The van der Waals surface area contributed by atoms with Crippen molar-refractivity contribution < 1.29 is 14.0 Å². The van der Waals surface area contributed by atoms with E-state index in [2.05, 4.69) is 10.3 Å². The smallest absolute Gasteiger partial charge is 0.291 e. The van der Waals surface area contributed by atoms with Crippen molar-refractivity contribution in [2.75, 3.05) is 5.32 Å². The first-order valence-electron chi connectivity index (χ1n) is 7.77. The number of benzene rings is 2. The molecular formula is C19H13N3O3S. The first kappa shape index (κ1) is 16.0. The third-order valence-corrected chi connectivity index (χ3v) is 4.79. The van der Waals surface area contributed by atoms with Crippen LogP contribution in [0.2, 0.25) is 0 Å². The highest BCUT2D eigenvalue weighted by molar-refractivity contribution is 7.21. The van der Waals surface area contributed by atoms with E-state index in [-0.39, 0.29) is 5.76 Å². The molecule has 3 N–H and O–H groups in total. The van der Waals surface area contributed by atoms with Crippen LogP contribution in [0.5, 0.6) is 0 Å². The summed E-state index contributed by atoms with van der Waals surface area (Å²) >= 11 is 1.50. The predicted octanol–water partition coefficient (Wildman–Crippen LogP) is 3.91.